The van der Waals surface area contributed by atoms with Gasteiger partial charge in [0.1, 0.15) is 5.75 Å². The molecule has 0 atom stereocenters. The first-order valence-electron chi connectivity index (χ1n) is 4.65. The van der Waals surface area contributed by atoms with Gasteiger partial charge in [-0.25, -0.2) is 0 Å². The highest BCUT2D eigenvalue weighted by Crippen LogP contribution is 2.20. The summed E-state index contributed by atoms with van der Waals surface area (Å²) in [5.41, 5.74) is 1.50. The standard InChI is InChI=1S/C11H11ClF2O2/c1-7-2-3-10(16-11(13)14)5-8(7)4-9(15)6-12/h2-3,5,11H,4,6H2,1H3. The molecule has 0 spiro atoms. The molecule has 1 aromatic carbocycles. The predicted octanol–water partition coefficient (Wildman–Crippen LogP) is 2.95. The first-order valence-corrected chi connectivity index (χ1v) is 5.18. The highest BCUT2D eigenvalue weighted by molar-refractivity contribution is 6.27. The zero-order valence-electron chi connectivity index (χ0n) is 8.67. The predicted molar refractivity (Wildman–Crippen MR) is 57.2 cm³/mol. The molecule has 0 radical (unpaired) electrons. The van der Waals surface area contributed by atoms with Crippen LogP contribution >= 0.6 is 11.6 Å². The minimum atomic E-state index is -2.86. The lowest BCUT2D eigenvalue weighted by Crippen LogP contribution is -2.07. The summed E-state index contributed by atoms with van der Waals surface area (Å²) in [6.45, 7) is -1.07. The van der Waals surface area contributed by atoms with Crippen LogP contribution in [-0.2, 0) is 11.2 Å². The summed E-state index contributed by atoms with van der Waals surface area (Å²) in [6, 6.07) is 4.51. The second kappa shape index (κ2) is 5.80. The van der Waals surface area contributed by atoms with Crippen LogP contribution in [0.25, 0.3) is 0 Å². The highest BCUT2D eigenvalue weighted by atomic mass is 35.5. The molecule has 0 aliphatic carbocycles. The van der Waals surface area contributed by atoms with Crippen molar-refractivity contribution in [2.24, 2.45) is 0 Å². The third-order valence-electron chi connectivity index (χ3n) is 2.08. The van der Waals surface area contributed by atoms with Gasteiger partial charge in [0.2, 0.25) is 0 Å². The molecule has 0 amide bonds. The number of rotatable bonds is 5. The number of aryl methyl sites for hydroxylation is 1. The average molecular weight is 249 g/mol. The van der Waals surface area contributed by atoms with Crippen LogP contribution in [0.2, 0.25) is 0 Å². The van der Waals surface area contributed by atoms with Crippen LogP contribution in [0.15, 0.2) is 18.2 Å². The zero-order valence-corrected chi connectivity index (χ0v) is 9.43. The van der Waals surface area contributed by atoms with Gasteiger partial charge in [-0.3, -0.25) is 4.79 Å². The molecule has 0 aliphatic rings. The molecule has 0 aliphatic heterocycles. The minimum absolute atomic E-state index is 0.0537. The number of benzene rings is 1. The Morgan fingerprint density at radius 3 is 2.75 bits per heavy atom. The number of carbonyl (C=O) groups is 1. The van der Waals surface area contributed by atoms with Crippen LogP contribution in [0.1, 0.15) is 11.1 Å². The van der Waals surface area contributed by atoms with E-state index in [1.54, 1.807) is 13.0 Å². The van der Waals surface area contributed by atoms with Gasteiger partial charge in [-0.1, -0.05) is 6.07 Å². The van der Waals surface area contributed by atoms with Gasteiger partial charge in [0, 0.05) is 6.42 Å². The van der Waals surface area contributed by atoms with E-state index in [1.165, 1.54) is 12.1 Å². The fourth-order valence-electron chi connectivity index (χ4n) is 1.27. The summed E-state index contributed by atoms with van der Waals surface area (Å²) in [5, 5.41) is 0. The average Bonchev–Trinajstić information content (AvgIpc) is 2.22. The molecule has 1 aromatic rings. The van der Waals surface area contributed by atoms with E-state index in [0.717, 1.165) is 5.56 Å². The second-order valence-electron chi connectivity index (χ2n) is 3.32. The monoisotopic (exact) mass is 248 g/mol. The molecule has 0 fully saturated rings. The topological polar surface area (TPSA) is 26.3 Å². The third-order valence-corrected chi connectivity index (χ3v) is 2.38. The van der Waals surface area contributed by atoms with Crippen molar-refractivity contribution in [3.05, 3.63) is 29.3 Å². The summed E-state index contributed by atoms with van der Waals surface area (Å²) in [4.78, 5) is 11.1. The van der Waals surface area contributed by atoms with Crippen molar-refractivity contribution in [1.29, 1.82) is 0 Å². The van der Waals surface area contributed by atoms with E-state index in [1.807, 2.05) is 0 Å². The number of carbonyl (C=O) groups excluding carboxylic acids is 1. The Morgan fingerprint density at radius 2 is 2.19 bits per heavy atom. The van der Waals surface area contributed by atoms with E-state index in [4.69, 9.17) is 11.6 Å². The summed E-state index contributed by atoms with van der Waals surface area (Å²) < 4.78 is 28.2. The molecule has 0 unspecified atom stereocenters. The summed E-state index contributed by atoms with van der Waals surface area (Å²) in [7, 11) is 0. The third kappa shape index (κ3) is 3.77. The van der Waals surface area contributed by atoms with Crippen molar-refractivity contribution in [3.63, 3.8) is 0 Å². The first-order chi connectivity index (χ1) is 7.52. The van der Waals surface area contributed by atoms with Crippen LogP contribution in [0.5, 0.6) is 5.75 Å². The van der Waals surface area contributed by atoms with E-state index in [0.29, 0.717) is 5.56 Å². The van der Waals surface area contributed by atoms with Crippen molar-refractivity contribution in [3.8, 4) is 5.75 Å². The van der Waals surface area contributed by atoms with Crippen LogP contribution in [0.4, 0.5) is 8.78 Å². The number of ketones is 1. The lowest BCUT2D eigenvalue weighted by molar-refractivity contribution is -0.116. The second-order valence-corrected chi connectivity index (χ2v) is 3.58. The molecule has 5 heteroatoms. The molecule has 88 valence electrons. The number of hydrogen-bond donors (Lipinski definition) is 0. The molecule has 0 heterocycles. The van der Waals surface area contributed by atoms with Crippen molar-refractivity contribution in [1.82, 2.24) is 0 Å². The highest BCUT2D eigenvalue weighted by Gasteiger charge is 2.09. The van der Waals surface area contributed by atoms with Gasteiger partial charge >= 0.3 is 6.61 Å². The number of alkyl halides is 3. The molecule has 1 rings (SSSR count). The van der Waals surface area contributed by atoms with E-state index < -0.39 is 6.61 Å². The summed E-state index contributed by atoms with van der Waals surface area (Å²) >= 11 is 5.38. The van der Waals surface area contributed by atoms with Gasteiger partial charge in [-0.2, -0.15) is 8.78 Å². The Labute approximate surface area is 97.2 Å². The molecular weight excluding hydrogens is 238 g/mol. The van der Waals surface area contributed by atoms with Gasteiger partial charge in [-0.15, -0.1) is 11.6 Å². The Morgan fingerprint density at radius 1 is 1.50 bits per heavy atom. The quantitative estimate of drug-likeness (QED) is 0.749. The normalized spacial score (nSPS) is 10.6. The maximum atomic E-state index is 12.0. The number of ether oxygens (including phenoxy) is 1. The van der Waals surface area contributed by atoms with Gasteiger partial charge < -0.3 is 4.74 Å². The Kier molecular flexibility index (Phi) is 4.68. The van der Waals surface area contributed by atoms with Crippen molar-refractivity contribution >= 4 is 17.4 Å². The lowest BCUT2D eigenvalue weighted by atomic mass is 10.0. The molecule has 0 saturated heterocycles. The first kappa shape index (κ1) is 12.9. The number of Topliss-reactive ketones (excluding diaryl/α,β-unsaturated/α-hetero) is 1. The fraction of sp³-hybridized carbons (Fsp3) is 0.364. The molecule has 0 aromatic heterocycles. The molecule has 0 N–H and O–H groups in total. The molecular formula is C11H11ClF2O2. The summed E-state index contributed by atoms with van der Waals surface area (Å²) in [6.07, 6.45) is 0.135. The number of halogens is 3. The van der Waals surface area contributed by atoms with Crippen molar-refractivity contribution < 1.29 is 18.3 Å². The van der Waals surface area contributed by atoms with E-state index >= 15 is 0 Å². The van der Waals surface area contributed by atoms with Gasteiger partial charge in [0.05, 0.1) is 5.88 Å². The Bertz CT molecular complexity index is 380. The minimum Gasteiger partial charge on any atom is -0.435 e. The van der Waals surface area contributed by atoms with Gasteiger partial charge in [0.25, 0.3) is 0 Å². The molecule has 0 bridgehead atoms. The van der Waals surface area contributed by atoms with E-state index in [9.17, 15) is 13.6 Å². The fourth-order valence-corrected chi connectivity index (χ4v) is 1.37. The van der Waals surface area contributed by atoms with E-state index in [2.05, 4.69) is 4.74 Å². The SMILES string of the molecule is Cc1ccc(OC(F)F)cc1CC(=O)CCl. The zero-order chi connectivity index (χ0) is 12.1. The van der Waals surface area contributed by atoms with Gasteiger partial charge in [-0.05, 0) is 30.2 Å². The molecule has 0 saturated carbocycles. The van der Waals surface area contributed by atoms with Crippen LogP contribution in [-0.4, -0.2) is 18.3 Å². The van der Waals surface area contributed by atoms with Crippen LogP contribution in [0.3, 0.4) is 0 Å². The largest absolute Gasteiger partial charge is 0.435 e. The maximum absolute atomic E-state index is 12.0. The van der Waals surface area contributed by atoms with Crippen LogP contribution < -0.4 is 4.74 Å². The Hall–Kier alpha value is -1.16. The van der Waals surface area contributed by atoms with Gasteiger partial charge in [0.15, 0.2) is 5.78 Å². The summed E-state index contributed by atoms with van der Waals surface area (Å²) in [5.74, 6) is -0.184. The van der Waals surface area contributed by atoms with Crippen LogP contribution in [0, 0.1) is 6.92 Å². The Balaban J connectivity index is 2.86. The number of hydrogen-bond acceptors (Lipinski definition) is 2. The maximum Gasteiger partial charge on any atom is 0.387 e. The van der Waals surface area contributed by atoms with E-state index in [-0.39, 0.29) is 23.8 Å². The van der Waals surface area contributed by atoms with Crippen molar-refractivity contribution in [2.45, 2.75) is 20.0 Å². The molecule has 2 nitrogen and oxygen atoms in total. The molecule has 16 heavy (non-hydrogen) atoms. The lowest BCUT2D eigenvalue weighted by Gasteiger charge is -2.08. The van der Waals surface area contributed by atoms with Crippen molar-refractivity contribution in [2.75, 3.05) is 5.88 Å². The smallest absolute Gasteiger partial charge is 0.387 e.